The molecule has 0 aliphatic carbocycles. The van der Waals surface area contributed by atoms with E-state index in [4.69, 9.17) is 0 Å². The molecule has 0 atom stereocenters. The molecule has 2 heterocycles. The Kier molecular flexibility index (Phi) is 2.79. The van der Waals surface area contributed by atoms with E-state index >= 15 is 0 Å². The Balaban J connectivity index is 1.94. The van der Waals surface area contributed by atoms with Crippen molar-refractivity contribution in [2.45, 2.75) is 0 Å². The molecule has 20 heavy (non-hydrogen) atoms. The fraction of sp³-hybridized carbons (Fsp3) is 0.0769. The van der Waals surface area contributed by atoms with E-state index in [1.165, 1.54) is 12.1 Å². The molecule has 0 amide bonds. The average molecular weight is 269 g/mol. The molecule has 0 saturated heterocycles. The molecule has 0 bridgehead atoms. The molecular formula is C13H11N5O2. The largest absolute Gasteiger partial charge is 0.323 e. The van der Waals surface area contributed by atoms with Gasteiger partial charge in [-0.3, -0.25) is 14.8 Å². The van der Waals surface area contributed by atoms with Crippen LogP contribution in [-0.2, 0) is 7.05 Å². The van der Waals surface area contributed by atoms with Crippen LogP contribution in [0.1, 0.15) is 0 Å². The van der Waals surface area contributed by atoms with Gasteiger partial charge < -0.3 is 5.32 Å². The lowest BCUT2D eigenvalue weighted by molar-refractivity contribution is -0.384. The van der Waals surface area contributed by atoms with Gasteiger partial charge in [0.15, 0.2) is 5.82 Å². The Bertz CT molecular complexity index is 796. The van der Waals surface area contributed by atoms with Crippen LogP contribution in [0.2, 0.25) is 0 Å². The number of rotatable bonds is 3. The SMILES string of the molecule is Cn1ccc(Nc2ccc3cc([N+](=O)[O-])ccc3n2)n1. The number of hydrogen-bond acceptors (Lipinski definition) is 5. The average Bonchev–Trinajstić information content (AvgIpc) is 2.83. The molecule has 7 nitrogen and oxygen atoms in total. The first-order valence-corrected chi connectivity index (χ1v) is 5.94. The first kappa shape index (κ1) is 12.1. The number of aryl methyl sites for hydroxylation is 1. The Morgan fingerprint density at radius 3 is 2.75 bits per heavy atom. The van der Waals surface area contributed by atoms with E-state index in [9.17, 15) is 10.1 Å². The zero-order chi connectivity index (χ0) is 14.1. The number of nitro groups is 1. The van der Waals surface area contributed by atoms with Crippen molar-refractivity contribution in [3.8, 4) is 0 Å². The second-order valence-electron chi connectivity index (χ2n) is 4.33. The smallest absolute Gasteiger partial charge is 0.270 e. The molecule has 0 radical (unpaired) electrons. The third-order valence-electron chi connectivity index (χ3n) is 2.85. The fourth-order valence-electron chi connectivity index (χ4n) is 1.91. The maximum Gasteiger partial charge on any atom is 0.270 e. The molecular weight excluding hydrogens is 258 g/mol. The summed E-state index contributed by atoms with van der Waals surface area (Å²) in [5, 5.41) is 18.7. The van der Waals surface area contributed by atoms with Crippen molar-refractivity contribution >= 4 is 28.2 Å². The van der Waals surface area contributed by atoms with E-state index in [0.29, 0.717) is 17.2 Å². The topological polar surface area (TPSA) is 85.9 Å². The number of nitrogens with one attached hydrogen (secondary N) is 1. The molecule has 0 aliphatic heterocycles. The van der Waals surface area contributed by atoms with Gasteiger partial charge in [-0.15, -0.1) is 0 Å². The molecule has 0 spiro atoms. The number of benzene rings is 1. The fourth-order valence-corrected chi connectivity index (χ4v) is 1.91. The van der Waals surface area contributed by atoms with Crippen LogP contribution >= 0.6 is 0 Å². The first-order chi connectivity index (χ1) is 9.61. The molecule has 1 N–H and O–H groups in total. The summed E-state index contributed by atoms with van der Waals surface area (Å²) in [6.45, 7) is 0. The lowest BCUT2D eigenvalue weighted by Gasteiger charge is -2.03. The minimum absolute atomic E-state index is 0.0599. The van der Waals surface area contributed by atoms with E-state index in [1.807, 2.05) is 19.3 Å². The summed E-state index contributed by atoms with van der Waals surface area (Å²) in [4.78, 5) is 14.7. The number of fused-ring (bicyclic) bond motifs is 1. The highest BCUT2D eigenvalue weighted by Crippen LogP contribution is 2.22. The van der Waals surface area contributed by atoms with Gasteiger partial charge in [-0.25, -0.2) is 4.98 Å². The predicted octanol–water partition coefficient (Wildman–Crippen LogP) is 2.62. The molecule has 3 aromatic rings. The number of hydrogen-bond donors (Lipinski definition) is 1. The van der Waals surface area contributed by atoms with Crippen LogP contribution in [0, 0.1) is 10.1 Å². The van der Waals surface area contributed by atoms with Crippen molar-refractivity contribution in [2.75, 3.05) is 5.32 Å². The van der Waals surface area contributed by atoms with Gasteiger partial charge in [0.05, 0.1) is 10.4 Å². The molecule has 1 aromatic carbocycles. The van der Waals surface area contributed by atoms with Gasteiger partial charge in [0.1, 0.15) is 5.82 Å². The maximum atomic E-state index is 10.7. The van der Waals surface area contributed by atoms with E-state index < -0.39 is 4.92 Å². The van der Waals surface area contributed by atoms with E-state index in [-0.39, 0.29) is 5.69 Å². The number of non-ortho nitro benzene ring substituents is 1. The highest BCUT2D eigenvalue weighted by atomic mass is 16.6. The van der Waals surface area contributed by atoms with Crippen molar-refractivity contribution in [1.82, 2.24) is 14.8 Å². The number of pyridine rings is 1. The number of nitrogens with zero attached hydrogens (tertiary/aromatic N) is 4. The summed E-state index contributed by atoms with van der Waals surface area (Å²) >= 11 is 0. The molecule has 0 saturated carbocycles. The molecule has 0 fully saturated rings. The quantitative estimate of drug-likeness (QED) is 0.583. The molecule has 2 aromatic heterocycles. The van der Waals surface area contributed by atoms with Crippen LogP contribution in [0.3, 0.4) is 0 Å². The Labute approximate surface area is 114 Å². The van der Waals surface area contributed by atoms with Gasteiger partial charge in [-0.1, -0.05) is 0 Å². The molecule has 0 unspecified atom stereocenters. The van der Waals surface area contributed by atoms with Gasteiger partial charge in [0.25, 0.3) is 5.69 Å². The van der Waals surface area contributed by atoms with E-state index in [1.54, 1.807) is 22.9 Å². The number of nitro benzene ring substituents is 1. The Morgan fingerprint density at radius 1 is 1.20 bits per heavy atom. The lowest BCUT2D eigenvalue weighted by Crippen LogP contribution is -1.96. The van der Waals surface area contributed by atoms with Crippen molar-refractivity contribution in [3.05, 3.63) is 52.7 Å². The van der Waals surface area contributed by atoms with Crippen LogP contribution in [0.15, 0.2) is 42.6 Å². The molecule has 7 heteroatoms. The second-order valence-corrected chi connectivity index (χ2v) is 4.33. The van der Waals surface area contributed by atoms with Crippen molar-refractivity contribution in [3.63, 3.8) is 0 Å². The normalized spacial score (nSPS) is 10.7. The number of aromatic nitrogens is 3. The van der Waals surface area contributed by atoms with Crippen molar-refractivity contribution in [2.24, 2.45) is 7.05 Å². The van der Waals surface area contributed by atoms with Crippen LogP contribution < -0.4 is 5.32 Å². The van der Waals surface area contributed by atoms with Gasteiger partial charge in [0, 0.05) is 36.8 Å². The lowest BCUT2D eigenvalue weighted by atomic mass is 10.2. The van der Waals surface area contributed by atoms with E-state index in [0.717, 1.165) is 5.39 Å². The van der Waals surface area contributed by atoms with Crippen LogP contribution in [-0.4, -0.2) is 19.7 Å². The predicted molar refractivity (Wildman–Crippen MR) is 74.9 cm³/mol. The first-order valence-electron chi connectivity index (χ1n) is 5.94. The van der Waals surface area contributed by atoms with Crippen LogP contribution in [0.4, 0.5) is 17.3 Å². The van der Waals surface area contributed by atoms with Gasteiger partial charge >= 0.3 is 0 Å². The number of anilines is 2. The third-order valence-corrected chi connectivity index (χ3v) is 2.85. The monoisotopic (exact) mass is 269 g/mol. The second kappa shape index (κ2) is 4.61. The standard InChI is InChI=1S/C13H11N5O2/c1-17-7-6-13(16-17)15-12-5-2-9-8-10(18(19)20)3-4-11(9)14-12/h2-8H,1H3,(H,14,15,16). The summed E-state index contributed by atoms with van der Waals surface area (Å²) in [6.07, 6.45) is 1.83. The third kappa shape index (κ3) is 2.28. The highest BCUT2D eigenvalue weighted by molar-refractivity contribution is 5.82. The Morgan fingerprint density at radius 2 is 2.05 bits per heavy atom. The zero-order valence-corrected chi connectivity index (χ0v) is 10.6. The maximum absolute atomic E-state index is 10.7. The summed E-state index contributed by atoms with van der Waals surface area (Å²) in [5.74, 6) is 1.34. The molecule has 3 rings (SSSR count). The zero-order valence-electron chi connectivity index (χ0n) is 10.6. The van der Waals surface area contributed by atoms with Gasteiger partial charge in [-0.05, 0) is 18.2 Å². The van der Waals surface area contributed by atoms with E-state index in [2.05, 4.69) is 15.4 Å². The molecule has 100 valence electrons. The summed E-state index contributed by atoms with van der Waals surface area (Å²) in [6, 6.07) is 9.98. The summed E-state index contributed by atoms with van der Waals surface area (Å²) < 4.78 is 1.69. The minimum Gasteiger partial charge on any atom is -0.323 e. The minimum atomic E-state index is -0.417. The van der Waals surface area contributed by atoms with Crippen LogP contribution in [0.25, 0.3) is 10.9 Å². The van der Waals surface area contributed by atoms with Gasteiger partial charge in [0.2, 0.25) is 0 Å². The summed E-state index contributed by atoms with van der Waals surface area (Å²) in [7, 11) is 1.83. The molecule has 0 aliphatic rings. The summed E-state index contributed by atoms with van der Waals surface area (Å²) in [5.41, 5.74) is 0.751. The van der Waals surface area contributed by atoms with Crippen molar-refractivity contribution in [1.29, 1.82) is 0 Å². The van der Waals surface area contributed by atoms with Crippen molar-refractivity contribution < 1.29 is 4.92 Å². The van der Waals surface area contributed by atoms with Gasteiger partial charge in [-0.2, -0.15) is 5.10 Å². The van der Waals surface area contributed by atoms with Crippen LogP contribution in [0.5, 0.6) is 0 Å². The highest BCUT2D eigenvalue weighted by Gasteiger charge is 2.07. The Hall–Kier alpha value is -2.96.